The third kappa shape index (κ3) is 5.37. The number of nitrogens with one attached hydrogen (secondary N) is 1. The van der Waals surface area contributed by atoms with Crippen molar-refractivity contribution >= 4 is 17.6 Å². The fourth-order valence-corrected chi connectivity index (χ4v) is 4.42. The van der Waals surface area contributed by atoms with E-state index in [1.807, 2.05) is 0 Å². The van der Waals surface area contributed by atoms with Gasteiger partial charge >= 0.3 is 12.7 Å². The number of hydrogen-bond acceptors (Lipinski definition) is 6. The number of fused-ring (bicyclic) bond motifs is 1. The number of amides is 2. The quantitative estimate of drug-likeness (QED) is 0.444. The fraction of sp³-hybridized carbons (Fsp3) is 0.400. The van der Waals surface area contributed by atoms with Crippen LogP contribution >= 0.6 is 0 Å². The number of hydrogen-bond donors (Lipinski definition) is 2. The van der Waals surface area contributed by atoms with Crippen LogP contribution in [0.5, 0.6) is 17.2 Å². The highest BCUT2D eigenvalue weighted by Crippen LogP contribution is 2.37. The second kappa shape index (κ2) is 10.1. The molecule has 1 aliphatic carbocycles. The van der Waals surface area contributed by atoms with E-state index in [2.05, 4.69) is 10.3 Å². The van der Waals surface area contributed by atoms with Crippen molar-refractivity contribution in [2.75, 3.05) is 26.8 Å². The van der Waals surface area contributed by atoms with Crippen molar-refractivity contribution < 1.29 is 37.7 Å². The molecule has 1 atom stereocenters. The first-order chi connectivity index (χ1) is 17.8. The van der Waals surface area contributed by atoms with Gasteiger partial charge in [-0.25, -0.2) is 9.78 Å². The predicted molar refractivity (Wildman–Crippen MR) is 128 cm³/mol. The predicted octanol–water partition coefficient (Wildman–Crippen LogP) is 3.88. The van der Waals surface area contributed by atoms with Gasteiger partial charge in [-0.2, -0.15) is 8.78 Å². The van der Waals surface area contributed by atoms with E-state index in [1.165, 1.54) is 18.1 Å². The summed E-state index contributed by atoms with van der Waals surface area (Å²) in [5.41, 5.74) is 1.51. The van der Waals surface area contributed by atoms with Crippen molar-refractivity contribution in [3.8, 4) is 28.5 Å². The number of benzene rings is 1. The standard InChI is InChI=1S/C25H26F2N4O6/c1-35-19-8-15(9-20(37-24(26)27)22(19)23(32)29-16-2-3-16)18-11-28-21-10-17(5-7-31(18)21)36-13-14-4-6-30(12-14)25(33)34/h5,7-11,14,16,24H,2-4,6,12-13H2,1H3,(H,29,32)(H,33,34)/t14-/m0/s1. The van der Waals surface area contributed by atoms with Crippen molar-refractivity contribution in [3.05, 3.63) is 42.2 Å². The molecule has 0 radical (unpaired) electrons. The Labute approximate surface area is 210 Å². The minimum Gasteiger partial charge on any atom is -0.496 e. The van der Waals surface area contributed by atoms with Crippen LogP contribution in [-0.4, -0.2) is 70.9 Å². The van der Waals surface area contributed by atoms with E-state index >= 15 is 0 Å². The van der Waals surface area contributed by atoms with Crippen LogP contribution in [-0.2, 0) is 0 Å². The summed E-state index contributed by atoms with van der Waals surface area (Å²) in [6.45, 7) is -1.82. The summed E-state index contributed by atoms with van der Waals surface area (Å²) in [5, 5.41) is 11.9. The Bertz CT molecular complexity index is 1330. The van der Waals surface area contributed by atoms with Crippen LogP contribution < -0.4 is 19.5 Å². The third-order valence-electron chi connectivity index (χ3n) is 6.46. The first-order valence-corrected chi connectivity index (χ1v) is 11.9. The van der Waals surface area contributed by atoms with Gasteiger partial charge in [0.15, 0.2) is 0 Å². The number of imidazole rings is 1. The molecule has 2 aliphatic rings. The molecule has 196 valence electrons. The van der Waals surface area contributed by atoms with E-state index < -0.39 is 18.6 Å². The molecule has 37 heavy (non-hydrogen) atoms. The zero-order valence-corrected chi connectivity index (χ0v) is 20.0. The van der Waals surface area contributed by atoms with Crippen molar-refractivity contribution in [2.24, 2.45) is 5.92 Å². The number of alkyl halides is 2. The Morgan fingerprint density at radius 2 is 2.00 bits per heavy atom. The monoisotopic (exact) mass is 516 g/mol. The average molecular weight is 517 g/mol. The lowest BCUT2D eigenvalue weighted by Gasteiger charge is -2.16. The molecule has 1 aromatic carbocycles. The molecule has 12 heteroatoms. The minimum absolute atomic E-state index is 0.0243. The average Bonchev–Trinajstić information content (AvgIpc) is 3.37. The molecular weight excluding hydrogens is 490 g/mol. The molecule has 1 saturated carbocycles. The van der Waals surface area contributed by atoms with Gasteiger partial charge < -0.3 is 29.5 Å². The molecule has 2 aromatic heterocycles. The van der Waals surface area contributed by atoms with Crippen molar-refractivity contribution in [2.45, 2.75) is 31.9 Å². The van der Waals surface area contributed by atoms with E-state index in [0.717, 1.165) is 19.3 Å². The number of carbonyl (C=O) groups is 2. The van der Waals surface area contributed by atoms with Crippen molar-refractivity contribution in [1.29, 1.82) is 0 Å². The molecule has 2 N–H and O–H groups in total. The van der Waals surface area contributed by atoms with Gasteiger partial charge in [0.1, 0.15) is 28.5 Å². The number of halogens is 2. The molecular formula is C25H26F2N4O6. The molecule has 1 aliphatic heterocycles. The summed E-state index contributed by atoms with van der Waals surface area (Å²) in [7, 11) is 1.36. The van der Waals surface area contributed by atoms with Gasteiger partial charge in [0.2, 0.25) is 0 Å². The van der Waals surface area contributed by atoms with E-state index in [0.29, 0.717) is 42.4 Å². The van der Waals surface area contributed by atoms with Crippen LogP contribution in [0.1, 0.15) is 29.6 Å². The Hall–Kier alpha value is -4.09. The summed E-state index contributed by atoms with van der Waals surface area (Å²) in [6.07, 6.45) is 4.80. The van der Waals surface area contributed by atoms with Crippen molar-refractivity contribution in [3.63, 3.8) is 0 Å². The number of rotatable bonds is 9. The van der Waals surface area contributed by atoms with Crippen molar-refractivity contribution in [1.82, 2.24) is 19.6 Å². The van der Waals surface area contributed by atoms with E-state index in [1.54, 1.807) is 35.0 Å². The Morgan fingerprint density at radius 3 is 2.68 bits per heavy atom. The first-order valence-electron chi connectivity index (χ1n) is 11.9. The fourth-order valence-electron chi connectivity index (χ4n) is 4.42. The second-order valence-corrected chi connectivity index (χ2v) is 9.11. The number of methoxy groups -OCH3 is 1. The molecule has 1 saturated heterocycles. The zero-order valence-electron chi connectivity index (χ0n) is 20.0. The molecule has 5 rings (SSSR count). The van der Waals surface area contributed by atoms with Gasteiger partial charge in [-0.1, -0.05) is 0 Å². The lowest BCUT2D eigenvalue weighted by molar-refractivity contribution is -0.0502. The number of ether oxygens (including phenoxy) is 3. The Balaban J connectivity index is 1.40. The molecule has 0 unspecified atom stereocenters. The van der Waals surface area contributed by atoms with E-state index in [-0.39, 0.29) is 29.0 Å². The molecule has 2 fully saturated rings. The SMILES string of the molecule is COc1cc(-c2cnc3cc(OC[C@H]4CCN(C(=O)O)C4)ccn23)cc(OC(F)F)c1C(=O)NC1CC1. The van der Waals surface area contributed by atoms with Gasteiger partial charge in [0, 0.05) is 42.9 Å². The van der Waals surface area contributed by atoms with Crippen LogP contribution in [0.15, 0.2) is 36.7 Å². The molecule has 10 nitrogen and oxygen atoms in total. The maximum absolute atomic E-state index is 13.2. The summed E-state index contributed by atoms with van der Waals surface area (Å²) in [6, 6.07) is 6.46. The van der Waals surface area contributed by atoms with E-state index in [9.17, 15) is 18.4 Å². The first kappa shape index (κ1) is 24.6. The molecule has 0 spiro atoms. The summed E-state index contributed by atoms with van der Waals surface area (Å²) in [5.74, 6) is -0.0310. The Morgan fingerprint density at radius 1 is 1.22 bits per heavy atom. The topological polar surface area (TPSA) is 115 Å². The summed E-state index contributed by atoms with van der Waals surface area (Å²) >= 11 is 0. The molecule has 3 aromatic rings. The minimum atomic E-state index is -3.13. The smallest absolute Gasteiger partial charge is 0.407 e. The van der Waals surface area contributed by atoms with Crippen LogP contribution in [0.2, 0.25) is 0 Å². The van der Waals surface area contributed by atoms with Gasteiger partial charge in [-0.15, -0.1) is 0 Å². The largest absolute Gasteiger partial charge is 0.496 e. The normalized spacial score (nSPS) is 17.3. The van der Waals surface area contributed by atoms with Gasteiger partial charge in [-0.3, -0.25) is 9.20 Å². The third-order valence-corrected chi connectivity index (χ3v) is 6.46. The maximum Gasteiger partial charge on any atom is 0.407 e. The van der Waals surface area contributed by atoms with Gasteiger partial charge in [0.05, 0.1) is 25.6 Å². The summed E-state index contributed by atoms with van der Waals surface area (Å²) in [4.78, 5) is 29.6. The van der Waals surface area contributed by atoms with Gasteiger partial charge in [-0.05, 0) is 37.5 Å². The Kier molecular flexibility index (Phi) is 6.72. The van der Waals surface area contributed by atoms with Crippen LogP contribution in [0.3, 0.4) is 0 Å². The number of aromatic nitrogens is 2. The highest BCUT2D eigenvalue weighted by Gasteiger charge is 2.29. The van der Waals surface area contributed by atoms with Crippen LogP contribution in [0.4, 0.5) is 13.6 Å². The number of likely N-dealkylation sites (tertiary alicyclic amines) is 1. The highest BCUT2D eigenvalue weighted by atomic mass is 19.3. The molecule has 0 bridgehead atoms. The summed E-state index contributed by atoms with van der Waals surface area (Å²) < 4.78 is 44.2. The van der Waals surface area contributed by atoms with Crippen LogP contribution in [0, 0.1) is 5.92 Å². The second-order valence-electron chi connectivity index (χ2n) is 9.11. The lowest BCUT2D eigenvalue weighted by Crippen LogP contribution is -2.27. The van der Waals surface area contributed by atoms with Gasteiger partial charge in [0.25, 0.3) is 5.91 Å². The number of carboxylic acid groups (broad SMARTS) is 1. The molecule has 2 amide bonds. The zero-order chi connectivity index (χ0) is 26.1. The lowest BCUT2D eigenvalue weighted by atomic mass is 10.1. The van der Waals surface area contributed by atoms with E-state index in [4.69, 9.17) is 19.3 Å². The maximum atomic E-state index is 13.2. The highest BCUT2D eigenvalue weighted by molar-refractivity contribution is 6.01. The number of nitrogens with zero attached hydrogens (tertiary/aromatic N) is 3. The van der Waals surface area contributed by atoms with Crippen LogP contribution in [0.25, 0.3) is 16.9 Å². The molecule has 3 heterocycles. The number of carbonyl (C=O) groups excluding carboxylic acids is 1. The number of pyridine rings is 1.